The minimum absolute atomic E-state index is 0.679. The molecule has 1 aromatic heterocycles. The van der Waals surface area contributed by atoms with Crippen molar-refractivity contribution in [3.05, 3.63) is 47.5 Å². The standard InChI is InChI=1S/C21H31N3O2/c1-5-18-11-12-22-21(23-18)16-17-9-10-19(25-4)20(15-17)26-14-8-13-24(6-2)7-3/h9-12,15H,5-8,13-14,16H2,1-4H3. The summed E-state index contributed by atoms with van der Waals surface area (Å²) in [5.41, 5.74) is 2.19. The number of rotatable bonds is 11. The van der Waals surface area contributed by atoms with Crippen molar-refractivity contribution >= 4 is 0 Å². The van der Waals surface area contributed by atoms with Crippen molar-refractivity contribution in [3.8, 4) is 11.5 Å². The summed E-state index contributed by atoms with van der Waals surface area (Å²) in [6.45, 7) is 10.4. The highest BCUT2D eigenvalue weighted by Gasteiger charge is 2.08. The summed E-state index contributed by atoms with van der Waals surface area (Å²) < 4.78 is 11.4. The van der Waals surface area contributed by atoms with Crippen LogP contribution in [0.4, 0.5) is 0 Å². The lowest BCUT2D eigenvalue weighted by atomic mass is 10.1. The molecule has 2 rings (SSSR count). The van der Waals surface area contributed by atoms with Gasteiger partial charge in [0.25, 0.3) is 0 Å². The zero-order chi connectivity index (χ0) is 18.8. The Morgan fingerprint density at radius 2 is 1.85 bits per heavy atom. The fourth-order valence-electron chi connectivity index (χ4n) is 2.86. The molecule has 0 bridgehead atoms. The third-order valence-corrected chi connectivity index (χ3v) is 4.49. The van der Waals surface area contributed by atoms with Crippen LogP contribution in [0.25, 0.3) is 0 Å². The SMILES string of the molecule is CCc1ccnc(Cc2ccc(OC)c(OCCCN(CC)CC)c2)n1. The van der Waals surface area contributed by atoms with Crippen LogP contribution in [0.5, 0.6) is 11.5 Å². The quantitative estimate of drug-likeness (QED) is 0.573. The number of hydrogen-bond donors (Lipinski definition) is 0. The molecule has 0 fully saturated rings. The van der Waals surface area contributed by atoms with E-state index in [1.807, 2.05) is 30.5 Å². The highest BCUT2D eigenvalue weighted by Crippen LogP contribution is 2.28. The Balaban J connectivity index is 2.00. The van der Waals surface area contributed by atoms with Crippen LogP contribution in [0.1, 0.15) is 44.3 Å². The van der Waals surface area contributed by atoms with E-state index in [1.165, 1.54) is 0 Å². The van der Waals surface area contributed by atoms with E-state index in [0.29, 0.717) is 13.0 Å². The molecule has 0 atom stereocenters. The number of aromatic nitrogens is 2. The first-order valence-electron chi connectivity index (χ1n) is 9.52. The maximum Gasteiger partial charge on any atom is 0.161 e. The summed E-state index contributed by atoms with van der Waals surface area (Å²) in [4.78, 5) is 11.4. The summed E-state index contributed by atoms with van der Waals surface area (Å²) >= 11 is 0. The van der Waals surface area contributed by atoms with Gasteiger partial charge in [0.15, 0.2) is 11.5 Å². The third kappa shape index (κ3) is 5.99. The van der Waals surface area contributed by atoms with E-state index in [9.17, 15) is 0 Å². The van der Waals surface area contributed by atoms with Crippen molar-refractivity contribution < 1.29 is 9.47 Å². The largest absolute Gasteiger partial charge is 0.493 e. The van der Waals surface area contributed by atoms with Gasteiger partial charge in [0, 0.05) is 24.9 Å². The first kappa shape index (κ1) is 20.2. The Morgan fingerprint density at radius 1 is 1.04 bits per heavy atom. The van der Waals surface area contributed by atoms with Gasteiger partial charge in [-0.1, -0.05) is 26.8 Å². The molecule has 0 saturated heterocycles. The maximum atomic E-state index is 6.00. The second-order valence-corrected chi connectivity index (χ2v) is 6.21. The molecule has 2 aromatic rings. The Bertz CT molecular complexity index is 672. The summed E-state index contributed by atoms with van der Waals surface area (Å²) in [5, 5.41) is 0. The molecule has 0 unspecified atom stereocenters. The molecule has 0 aliphatic carbocycles. The van der Waals surface area contributed by atoms with E-state index < -0.39 is 0 Å². The van der Waals surface area contributed by atoms with Crippen molar-refractivity contribution in [1.82, 2.24) is 14.9 Å². The minimum Gasteiger partial charge on any atom is -0.493 e. The van der Waals surface area contributed by atoms with Crippen LogP contribution in [-0.2, 0) is 12.8 Å². The lowest BCUT2D eigenvalue weighted by Gasteiger charge is -2.18. The van der Waals surface area contributed by atoms with Crippen LogP contribution in [0, 0.1) is 0 Å². The molecular formula is C21H31N3O2. The number of benzene rings is 1. The number of aryl methyl sites for hydroxylation is 1. The van der Waals surface area contributed by atoms with E-state index >= 15 is 0 Å². The molecule has 0 aliphatic heterocycles. The average Bonchev–Trinajstić information content (AvgIpc) is 2.68. The van der Waals surface area contributed by atoms with E-state index in [1.54, 1.807) is 7.11 Å². The van der Waals surface area contributed by atoms with E-state index in [2.05, 4.69) is 35.6 Å². The number of methoxy groups -OCH3 is 1. The predicted octanol–water partition coefficient (Wildman–Crippen LogP) is 3.75. The second kappa shape index (κ2) is 10.8. The lowest BCUT2D eigenvalue weighted by Crippen LogP contribution is -2.25. The Morgan fingerprint density at radius 3 is 2.54 bits per heavy atom. The van der Waals surface area contributed by atoms with Crippen molar-refractivity contribution in [2.45, 2.75) is 40.0 Å². The molecule has 0 saturated carbocycles. The van der Waals surface area contributed by atoms with Crippen LogP contribution in [0.3, 0.4) is 0 Å². The van der Waals surface area contributed by atoms with Gasteiger partial charge < -0.3 is 14.4 Å². The topological polar surface area (TPSA) is 47.5 Å². The van der Waals surface area contributed by atoms with E-state index in [4.69, 9.17) is 9.47 Å². The molecule has 1 aromatic carbocycles. The minimum atomic E-state index is 0.679. The van der Waals surface area contributed by atoms with Gasteiger partial charge in [0.2, 0.25) is 0 Å². The van der Waals surface area contributed by atoms with Crippen LogP contribution < -0.4 is 9.47 Å². The number of nitrogens with zero attached hydrogens (tertiary/aromatic N) is 3. The Hall–Kier alpha value is -2.14. The van der Waals surface area contributed by atoms with Gasteiger partial charge in [0.1, 0.15) is 5.82 Å². The molecule has 0 N–H and O–H groups in total. The fraction of sp³-hybridized carbons (Fsp3) is 0.524. The molecular weight excluding hydrogens is 326 g/mol. The Kier molecular flexibility index (Phi) is 8.35. The van der Waals surface area contributed by atoms with Gasteiger partial charge in [-0.2, -0.15) is 0 Å². The van der Waals surface area contributed by atoms with Crippen LogP contribution in [0.15, 0.2) is 30.5 Å². The molecule has 26 heavy (non-hydrogen) atoms. The molecule has 0 radical (unpaired) electrons. The Labute approximate surface area is 157 Å². The molecule has 1 heterocycles. The van der Waals surface area contributed by atoms with Gasteiger partial charge >= 0.3 is 0 Å². The van der Waals surface area contributed by atoms with Crippen molar-refractivity contribution in [3.63, 3.8) is 0 Å². The van der Waals surface area contributed by atoms with Crippen molar-refractivity contribution in [2.75, 3.05) is 33.4 Å². The summed E-state index contributed by atoms with van der Waals surface area (Å²) in [5.74, 6) is 2.39. The first-order valence-corrected chi connectivity index (χ1v) is 9.52. The van der Waals surface area contributed by atoms with Crippen LogP contribution in [-0.4, -0.2) is 48.2 Å². The third-order valence-electron chi connectivity index (χ3n) is 4.49. The summed E-state index contributed by atoms with van der Waals surface area (Å²) in [6, 6.07) is 8.00. The normalized spacial score (nSPS) is 11.0. The number of ether oxygens (including phenoxy) is 2. The summed E-state index contributed by atoms with van der Waals surface area (Å²) in [6.07, 6.45) is 4.43. The van der Waals surface area contributed by atoms with Crippen LogP contribution >= 0.6 is 0 Å². The van der Waals surface area contributed by atoms with Crippen molar-refractivity contribution in [2.24, 2.45) is 0 Å². The molecule has 5 nitrogen and oxygen atoms in total. The van der Waals surface area contributed by atoms with Gasteiger partial charge in [-0.05, 0) is 49.7 Å². The zero-order valence-corrected chi connectivity index (χ0v) is 16.5. The van der Waals surface area contributed by atoms with Crippen molar-refractivity contribution in [1.29, 1.82) is 0 Å². The number of hydrogen-bond acceptors (Lipinski definition) is 5. The average molecular weight is 357 g/mol. The summed E-state index contributed by atoms with van der Waals surface area (Å²) in [7, 11) is 1.67. The monoisotopic (exact) mass is 357 g/mol. The maximum absolute atomic E-state index is 6.00. The second-order valence-electron chi connectivity index (χ2n) is 6.21. The molecule has 0 aliphatic rings. The lowest BCUT2D eigenvalue weighted by molar-refractivity contribution is 0.242. The van der Waals surface area contributed by atoms with Gasteiger partial charge in [-0.25, -0.2) is 9.97 Å². The van der Waals surface area contributed by atoms with Crippen LogP contribution in [0.2, 0.25) is 0 Å². The first-order chi connectivity index (χ1) is 12.7. The predicted molar refractivity (Wildman–Crippen MR) is 105 cm³/mol. The molecule has 0 amide bonds. The molecule has 0 spiro atoms. The zero-order valence-electron chi connectivity index (χ0n) is 16.5. The van der Waals surface area contributed by atoms with E-state index in [0.717, 1.165) is 61.1 Å². The fourth-order valence-corrected chi connectivity index (χ4v) is 2.86. The van der Waals surface area contributed by atoms with E-state index in [-0.39, 0.29) is 0 Å². The molecule has 142 valence electrons. The molecule has 5 heteroatoms. The van der Waals surface area contributed by atoms with Gasteiger partial charge in [0.05, 0.1) is 13.7 Å². The highest BCUT2D eigenvalue weighted by molar-refractivity contribution is 5.43. The van der Waals surface area contributed by atoms with Gasteiger partial charge in [-0.15, -0.1) is 0 Å². The van der Waals surface area contributed by atoms with Gasteiger partial charge in [-0.3, -0.25) is 0 Å². The highest BCUT2D eigenvalue weighted by atomic mass is 16.5. The smallest absolute Gasteiger partial charge is 0.161 e.